The van der Waals surface area contributed by atoms with Crippen LogP contribution in [0.2, 0.25) is 0 Å². The van der Waals surface area contributed by atoms with Gasteiger partial charge in [-0.2, -0.15) is 8.42 Å². The predicted octanol–water partition coefficient (Wildman–Crippen LogP) is 0.558. The highest BCUT2D eigenvalue weighted by molar-refractivity contribution is 7.85. The van der Waals surface area contributed by atoms with E-state index in [1.165, 1.54) is 13.1 Å². The summed E-state index contributed by atoms with van der Waals surface area (Å²) in [5.41, 5.74) is -1.87. The molecule has 4 atom stereocenters. The topological polar surface area (TPSA) is 152 Å². The lowest BCUT2D eigenvalue weighted by Crippen LogP contribution is -2.55. The Labute approximate surface area is 207 Å². The number of rotatable bonds is 7. The molecular weight excluding hydrogens is 496 g/mol. The lowest BCUT2D eigenvalue weighted by Gasteiger charge is -2.35. The Bertz CT molecular complexity index is 1380. The highest BCUT2D eigenvalue weighted by atomic mass is 32.2. The summed E-state index contributed by atoms with van der Waals surface area (Å²) in [5.74, 6) is -1.74. The maximum absolute atomic E-state index is 12.9. The number of aryl methyl sites for hydroxylation is 2. The second-order valence-corrected chi connectivity index (χ2v) is 11.0. The van der Waals surface area contributed by atoms with Gasteiger partial charge in [0, 0.05) is 11.8 Å². The van der Waals surface area contributed by atoms with Crippen LogP contribution in [0, 0.1) is 13.8 Å². The van der Waals surface area contributed by atoms with Crippen LogP contribution in [0.1, 0.15) is 35.3 Å². The van der Waals surface area contributed by atoms with E-state index in [0.717, 1.165) is 16.4 Å². The van der Waals surface area contributed by atoms with Crippen LogP contribution < -0.4 is 11.2 Å². The Kier molecular flexibility index (Phi) is 6.73. The minimum Gasteiger partial charge on any atom is -0.459 e. The average Bonchev–Trinajstić information content (AvgIpc) is 3.25. The van der Waals surface area contributed by atoms with Crippen molar-refractivity contribution >= 4 is 16.1 Å². The summed E-state index contributed by atoms with van der Waals surface area (Å²) >= 11 is 0. The van der Waals surface area contributed by atoms with E-state index < -0.39 is 63.8 Å². The number of carbonyl (C=O) groups is 1. The molecule has 2 aliphatic heterocycles. The number of H-pyrrole nitrogens is 1. The van der Waals surface area contributed by atoms with E-state index in [9.17, 15) is 22.8 Å². The fourth-order valence-electron chi connectivity index (χ4n) is 4.28. The number of aromatic amines is 1. The number of fused-ring (bicyclic) bond motifs is 1. The quantitative estimate of drug-likeness (QED) is 0.402. The van der Waals surface area contributed by atoms with Crippen LogP contribution >= 0.6 is 0 Å². The van der Waals surface area contributed by atoms with E-state index in [1.807, 2.05) is 6.92 Å². The van der Waals surface area contributed by atoms with E-state index in [4.69, 9.17) is 23.1 Å². The molecule has 2 saturated heterocycles. The monoisotopic (exact) mass is 524 g/mol. The Hall–Kier alpha value is -2.84. The van der Waals surface area contributed by atoms with Gasteiger partial charge in [-0.25, -0.2) is 9.59 Å². The van der Waals surface area contributed by atoms with Crippen LogP contribution in [0.3, 0.4) is 0 Å². The second kappa shape index (κ2) is 9.23. The Morgan fingerprint density at radius 1 is 1.11 bits per heavy atom. The lowest BCUT2D eigenvalue weighted by atomic mass is 10.0. The zero-order chi connectivity index (χ0) is 26.5. The molecule has 0 saturated carbocycles. The number of hydrogen-bond acceptors (Lipinski definition) is 10. The van der Waals surface area contributed by atoms with Gasteiger partial charge in [-0.15, -0.1) is 0 Å². The number of aromatic nitrogens is 2. The van der Waals surface area contributed by atoms with Gasteiger partial charge in [0.15, 0.2) is 5.79 Å². The summed E-state index contributed by atoms with van der Waals surface area (Å²) in [6.45, 7) is 5.70. The third-order valence-electron chi connectivity index (χ3n) is 5.97. The van der Waals surface area contributed by atoms with Crippen LogP contribution in [0.4, 0.5) is 0 Å². The first kappa shape index (κ1) is 26.2. The molecule has 0 amide bonds. The minimum absolute atomic E-state index is 0.168. The summed E-state index contributed by atoms with van der Waals surface area (Å²) in [5, 5.41) is 0. The molecule has 13 heteroatoms. The van der Waals surface area contributed by atoms with Crippen molar-refractivity contribution < 1.29 is 36.3 Å². The summed E-state index contributed by atoms with van der Waals surface area (Å²) in [4.78, 5) is 39.7. The van der Waals surface area contributed by atoms with E-state index >= 15 is 0 Å². The zero-order valence-electron chi connectivity index (χ0n) is 20.5. The van der Waals surface area contributed by atoms with Gasteiger partial charge >= 0.3 is 11.7 Å². The van der Waals surface area contributed by atoms with E-state index in [-0.39, 0.29) is 12.2 Å². The third-order valence-corrected chi connectivity index (χ3v) is 6.52. The van der Waals surface area contributed by atoms with E-state index in [2.05, 4.69) is 4.98 Å². The largest absolute Gasteiger partial charge is 0.459 e. The summed E-state index contributed by atoms with van der Waals surface area (Å²) in [7, 11) is -3.98. The lowest BCUT2D eigenvalue weighted by molar-refractivity contribution is -0.242. The molecule has 0 bridgehead atoms. The predicted molar refractivity (Wildman–Crippen MR) is 125 cm³/mol. The van der Waals surface area contributed by atoms with Crippen molar-refractivity contribution in [2.24, 2.45) is 0 Å². The van der Waals surface area contributed by atoms with Gasteiger partial charge < -0.3 is 18.9 Å². The molecule has 3 heterocycles. The molecule has 2 fully saturated rings. The molecule has 2 aromatic rings. The molecule has 0 radical (unpaired) electrons. The summed E-state index contributed by atoms with van der Waals surface area (Å²) in [6, 6.07) is 6.80. The molecule has 12 nitrogen and oxygen atoms in total. The van der Waals surface area contributed by atoms with Gasteiger partial charge in [0.05, 0.1) is 11.8 Å². The average molecular weight is 525 g/mol. The smallest absolute Gasteiger partial charge is 0.338 e. The molecule has 196 valence electrons. The highest BCUT2D eigenvalue weighted by Crippen LogP contribution is 2.46. The molecule has 1 aromatic carbocycles. The second-order valence-electron chi connectivity index (χ2n) is 9.39. The van der Waals surface area contributed by atoms with Gasteiger partial charge in [0.25, 0.3) is 15.7 Å². The maximum Gasteiger partial charge on any atom is 0.338 e. The van der Waals surface area contributed by atoms with Crippen LogP contribution in [0.25, 0.3) is 0 Å². The molecule has 1 aromatic heterocycles. The van der Waals surface area contributed by atoms with Gasteiger partial charge in [0.1, 0.15) is 31.5 Å². The van der Waals surface area contributed by atoms with Gasteiger partial charge in [0.2, 0.25) is 5.72 Å². The number of nitrogens with zero attached hydrogens (tertiary/aromatic N) is 1. The highest BCUT2D eigenvalue weighted by Gasteiger charge is 2.65. The van der Waals surface area contributed by atoms with Crippen molar-refractivity contribution in [3.05, 3.63) is 68.0 Å². The van der Waals surface area contributed by atoms with E-state index in [0.29, 0.717) is 5.56 Å². The van der Waals surface area contributed by atoms with Crippen LogP contribution in [0.15, 0.2) is 40.1 Å². The summed E-state index contributed by atoms with van der Waals surface area (Å²) < 4.78 is 53.6. The number of carbonyl (C=O) groups excluding carboxylic acids is 1. The molecule has 2 aliphatic rings. The first-order valence-electron chi connectivity index (χ1n) is 11.2. The fourth-order valence-corrected chi connectivity index (χ4v) is 4.67. The molecule has 4 rings (SSSR count). The Morgan fingerprint density at radius 2 is 1.78 bits per heavy atom. The molecule has 0 aliphatic carbocycles. The fraction of sp³-hybridized carbons (Fsp3) is 0.522. The first-order valence-corrected chi connectivity index (χ1v) is 13.0. The van der Waals surface area contributed by atoms with Crippen molar-refractivity contribution in [2.75, 3.05) is 19.5 Å². The van der Waals surface area contributed by atoms with Crippen LogP contribution in [-0.2, 0) is 39.0 Å². The first-order chi connectivity index (χ1) is 16.7. The van der Waals surface area contributed by atoms with Gasteiger partial charge in [-0.3, -0.25) is 18.5 Å². The van der Waals surface area contributed by atoms with Crippen molar-refractivity contribution in [3.8, 4) is 0 Å². The number of ether oxygens (including phenoxy) is 4. The number of nitrogens with one attached hydrogen (secondary N) is 1. The van der Waals surface area contributed by atoms with Crippen LogP contribution in [-0.4, -0.2) is 67.5 Å². The standard InChI is InChI=1S/C23H28N2O10S/c1-13-6-8-15(9-7-13)20(27)31-11-16-17-18(35-22(3,4)34-17)23(33-16,12-32-36(5,29)30)25-10-14(2)19(26)24-21(25)28/h6-10,16-18H,11-12H2,1-5H3,(H,24,26,28)/t16-,17-,18-,23+/m1/s1. The van der Waals surface area contributed by atoms with Crippen molar-refractivity contribution in [1.82, 2.24) is 9.55 Å². The van der Waals surface area contributed by atoms with Crippen LogP contribution in [0.5, 0.6) is 0 Å². The minimum atomic E-state index is -3.98. The van der Waals surface area contributed by atoms with Gasteiger partial charge in [-0.1, -0.05) is 17.7 Å². The molecule has 0 spiro atoms. The third kappa shape index (κ3) is 5.15. The van der Waals surface area contributed by atoms with Crippen molar-refractivity contribution in [2.45, 2.75) is 57.5 Å². The van der Waals surface area contributed by atoms with Crippen molar-refractivity contribution in [1.29, 1.82) is 0 Å². The zero-order valence-corrected chi connectivity index (χ0v) is 21.3. The summed E-state index contributed by atoms with van der Waals surface area (Å²) in [6.07, 6.45) is -0.800. The maximum atomic E-state index is 12.9. The number of hydrogen-bond donors (Lipinski definition) is 1. The molecule has 0 unspecified atom stereocenters. The normalized spacial score (nSPS) is 27.1. The molecular formula is C23H28N2O10S. The molecule has 1 N–H and O–H groups in total. The number of benzene rings is 1. The van der Waals surface area contributed by atoms with Gasteiger partial charge in [-0.05, 0) is 39.8 Å². The van der Waals surface area contributed by atoms with Crippen molar-refractivity contribution in [3.63, 3.8) is 0 Å². The Balaban J connectivity index is 1.72. The SMILES string of the molecule is Cc1ccc(C(=O)OC[C@H]2O[C@](COS(C)(=O)=O)(n3cc(C)c(=O)[nH]c3=O)[C@@H]3OC(C)(C)O[C@@H]32)cc1. The van der Waals surface area contributed by atoms with E-state index in [1.54, 1.807) is 38.1 Å². The number of esters is 1. The molecule has 36 heavy (non-hydrogen) atoms. The Morgan fingerprint density at radius 3 is 2.42 bits per heavy atom.